The average Bonchev–Trinajstić information content (AvgIpc) is 2.86. The SMILES string of the molecule is COc1ccc([C@H](C)NC(=O)COc2ccc(N(Cc3ccccc3F)S(C)(=O)=O)cc2)cc1OC. The summed E-state index contributed by atoms with van der Waals surface area (Å²) in [7, 11) is -0.585. The van der Waals surface area contributed by atoms with Gasteiger partial charge >= 0.3 is 0 Å². The number of amides is 1. The number of rotatable bonds is 11. The maximum atomic E-state index is 14.1. The lowest BCUT2D eigenvalue weighted by molar-refractivity contribution is -0.123. The smallest absolute Gasteiger partial charge is 0.258 e. The number of nitrogens with zero attached hydrogens (tertiary/aromatic N) is 1. The minimum Gasteiger partial charge on any atom is -0.493 e. The van der Waals surface area contributed by atoms with Gasteiger partial charge in [-0.3, -0.25) is 9.10 Å². The standard InChI is InChI=1S/C26H29FN2O6S/c1-18(19-9-14-24(33-2)25(15-19)34-3)28-26(30)17-35-22-12-10-21(11-13-22)29(36(4,31)32)16-20-7-5-6-8-23(20)27/h5-15,18H,16-17H2,1-4H3,(H,28,30)/t18-/m0/s1. The fourth-order valence-corrected chi connectivity index (χ4v) is 4.41. The van der Waals surface area contributed by atoms with E-state index in [4.69, 9.17) is 14.2 Å². The molecule has 3 aromatic rings. The first-order valence-corrected chi connectivity index (χ1v) is 12.9. The summed E-state index contributed by atoms with van der Waals surface area (Å²) in [5.41, 5.74) is 1.43. The molecule has 0 radical (unpaired) electrons. The topological polar surface area (TPSA) is 94.2 Å². The van der Waals surface area contributed by atoms with Crippen molar-refractivity contribution in [1.29, 1.82) is 0 Å². The van der Waals surface area contributed by atoms with E-state index in [1.165, 1.54) is 12.1 Å². The van der Waals surface area contributed by atoms with Gasteiger partial charge in [0.1, 0.15) is 11.6 Å². The predicted molar refractivity (Wildman–Crippen MR) is 135 cm³/mol. The highest BCUT2D eigenvalue weighted by atomic mass is 32.2. The third-order valence-electron chi connectivity index (χ3n) is 5.45. The summed E-state index contributed by atoms with van der Waals surface area (Å²) in [5.74, 6) is 0.714. The number of ether oxygens (including phenoxy) is 3. The van der Waals surface area contributed by atoms with E-state index in [2.05, 4.69) is 5.32 Å². The molecule has 3 aromatic carbocycles. The Balaban J connectivity index is 1.61. The van der Waals surface area contributed by atoms with Crippen molar-refractivity contribution < 1.29 is 31.8 Å². The van der Waals surface area contributed by atoms with Crippen molar-refractivity contribution >= 4 is 21.6 Å². The van der Waals surface area contributed by atoms with Crippen LogP contribution in [-0.2, 0) is 21.4 Å². The molecule has 1 amide bonds. The maximum absolute atomic E-state index is 14.1. The molecule has 1 atom stereocenters. The second-order valence-electron chi connectivity index (χ2n) is 8.05. The summed E-state index contributed by atoms with van der Waals surface area (Å²) in [6.45, 7) is 1.45. The molecule has 0 aromatic heterocycles. The Hall–Kier alpha value is -3.79. The lowest BCUT2D eigenvalue weighted by Gasteiger charge is -2.23. The van der Waals surface area contributed by atoms with E-state index in [0.717, 1.165) is 16.1 Å². The fraction of sp³-hybridized carbons (Fsp3) is 0.269. The van der Waals surface area contributed by atoms with Crippen molar-refractivity contribution in [3.63, 3.8) is 0 Å². The third kappa shape index (κ3) is 6.88. The first-order valence-electron chi connectivity index (χ1n) is 11.1. The van der Waals surface area contributed by atoms with Crippen LogP contribution < -0.4 is 23.8 Å². The number of nitrogens with one attached hydrogen (secondary N) is 1. The number of sulfonamides is 1. The fourth-order valence-electron chi connectivity index (χ4n) is 3.53. The zero-order valence-corrected chi connectivity index (χ0v) is 21.3. The molecule has 0 heterocycles. The zero-order chi connectivity index (χ0) is 26.3. The summed E-state index contributed by atoms with van der Waals surface area (Å²) in [4.78, 5) is 12.4. The van der Waals surface area contributed by atoms with Gasteiger partial charge in [0.2, 0.25) is 10.0 Å². The molecule has 0 saturated heterocycles. The third-order valence-corrected chi connectivity index (χ3v) is 6.59. The number of methoxy groups -OCH3 is 2. The van der Waals surface area contributed by atoms with Crippen LogP contribution in [0.3, 0.4) is 0 Å². The summed E-state index contributed by atoms with van der Waals surface area (Å²) < 4.78 is 56.0. The van der Waals surface area contributed by atoms with Gasteiger partial charge in [-0.25, -0.2) is 12.8 Å². The van der Waals surface area contributed by atoms with Gasteiger partial charge in [-0.2, -0.15) is 0 Å². The van der Waals surface area contributed by atoms with Crippen molar-refractivity contribution in [3.05, 3.63) is 83.7 Å². The minimum atomic E-state index is -3.68. The Bertz CT molecular complexity index is 1300. The predicted octanol–water partition coefficient (Wildman–Crippen LogP) is 4.07. The van der Waals surface area contributed by atoms with E-state index in [1.807, 2.05) is 13.0 Å². The van der Waals surface area contributed by atoms with Crippen LogP contribution in [0.5, 0.6) is 17.2 Å². The zero-order valence-electron chi connectivity index (χ0n) is 20.5. The molecule has 0 unspecified atom stereocenters. The lowest BCUT2D eigenvalue weighted by atomic mass is 10.1. The largest absolute Gasteiger partial charge is 0.493 e. The molecule has 0 spiro atoms. The number of anilines is 1. The van der Waals surface area contributed by atoms with E-state index in [-0.39, 0.29) is 30.7 Å². The van der Waals surface area contributed by atoms with Gasteiger partial charge in [0.25, 0.3) is 5.91 Å². The summed E-state index contributed by atoms with van der Waals surface area (Å²) in [6, 6.07) is 17.3. The minimum absolute atomic E-state index is 0.151. The summed E-state index contributed by atoms with van der Waals surface area (Å²) in [5, 5.41) is 2.85. The number of carbonyl (C=O) groups is 1. The van der Waals surface area contributed by atoms with Crippen LogP contribution in [-0.4, -0.2) is 41.4 Å². The molecule has 10 heteroatoms. The summed E-state index contributed by atoms with van der Waals surface area (Å²) >= 11 is 0. The molecule has 192 valence electrons. The Morgan fingerprint density at radius 2 is 1.67 bits per heavy atom. The van der Waals surface area contributed by atoms with Crippen LogP contribution in [0.25, 0.3) is 0 Å². The Morgan fingerprint density at radius 3 is 2.28 bits per heavy atom. The van der Waals surface area contributed by atoms with Gasteiger partial charge in [0, 0.05) is 5.56 Å². The van der Waals surface area contributed by atoms with Gasteiger partial charge in [0.15, 0.2) is 18.1 Å². The van der Waals surface area contributed by atoms with Crippen LogP contribution in [0.4, 0.5) is 10.1 Å². The van der Waals surface area contributed by atoms with Gasteiger partial charge in [-0.1, -0.05) is 24.3 Å². The van der Waals surface area contributed by atoms with Gasteiger partial charge in [-0.05, 0) is 55.0 Å². The number of hydrogen-bond donors (Lipinski definition) is 1. The average molecular weight is 517 g/mol. The molecule has 0 fully saturated rings. The van der Waals surface area contributed by atoms with Crippen molar-refractivity contribution in [1.82, 2.24) is 5.32 Å². The molecule has 36 heavy (non-hydrogen) atoms. The molecule has 8 nitrogen and oxygen atoms in total. The molecular formula is C26H29FN2O6S. The highest BCUT2D eigenvalue weighted by molar-refractivity contribution is 7.92. The molecule has 1 N–H and O–H groups in total. The van der Waals surface area contributed by atoms with Crippen molar-refractivity contribution in [3.8, 4) is 17.2 Å². The number of halogens is 1. The lowest BCUT2D eigenvalue weighted by Crippen LogP contribution is -2.31. The number of benzene rings is 3. The van der Waals surface area contributed by atoms with Crippen molar-refractivity contribution in [2.45, 2.75) is 19.5 Å². The highest BCUT2D eigenvalue weighted by Crippen LogP contribution is 2.30. The van der Waals surface area contributed by atoms with Crippen LogP contribution in [0.2, 0.25) is 0 Å². The van der Waals surface area contributed by atoms with Gasteiger partial charge in [0.05, 0.1) is 38.7 Å². The van der Waals surface area contributed by atoms with Crippen LogP contribution in [0.1, 0.15) is 24.1 Å². The van der Waals surface area contributed by atoms with E-state index < -0.39 is 15.8 Å². The number of carbonyl (C=O) groups excluding carboxylic acids is 1. The van der Waals surface area contributed by atoms with Crippen LogP contribution in [0.15, 0.2) is 66.7 Å². The molecule has 3 rings (SSSR count). The van der Waals surface area contributed by atoms with E-state index >= 15 is 0 Å². The van der Waals surface area contributed by atoms with Crippen molar-refractivity contribution in [2.75, 3.05) is 31.4 Å². The molecule has 0 aliphatic rings. The Kier molecular flexibility index (Phi) is 8.76. The molecule has 0 aliphatic heterocycles. The van der Waals surface area contributed by atoms with Gasteiger partial charge < -0.3 is 19.5 Å². The molecular weight excluding hydrogens is 487 g/mol. The normalized spacial score (nSPS) is 11.9. The van der Waals surface area contributed by atoms with Crippen LogP contribution in [0, 0.1) is 5.82 Å². The van der Waals surface area contributed by atoms with E-state index in [9.17, 15) is 17.6 Å². The molecule has 0 bridgehead atoms. The van der Waals surface area contributed by atoms with E-state index in [1.54, 1.807) is 62.8 Å². The maximum Gasteiger partial charge on any atom is 0.258 e. The van der Waals surface area contributed by atoms with Gasteiger partial charge in [-0.15, -0.1) is 0 Å². The van der Waals surface area contributed by atoms with Crippen molar-refractivity contribution in [2.24, 2.45) is 0 Å². The number of hydrogen-bond acceptors (Lipinski definition) is 6. The molecule has 0 aliphatic carbocycles. The Morgan fingerprint density at radius 1 is 1.00 bits per heavy atom. The monoisotopic (exact) mass is 516 g/mol. The second-order valence-corrected chi connectivity index (χ2v) is 9.95. The van der Waals surface area contributed by atoms with Crippen LogP contribution >= 0.6 is 0 Å². The first kappa shape index (κ1) is 26.8. The Labute approximate surface area is 210 Å². The summed E-state index contributed by atoms with van der Waals surface area (Å²) in [6.07, 6.45) is 1.06. The second kappa shape index (κ2) is 11.8. The quantitative estimate of drug-likeness (QED) is 0.413. The van der Waals surface area contributed by atoms with E-state index in [0.29, 0.717) is 22.9 Å². The first-order chi connectivity index (χ1) is 17.1. The molecule has 0 saturated carbocycles. The highest BCUT2D eigenvalue weighted by Gasteiger charge is 2.20.